The van der Waals surface area contributed by atoms with Crippen molar-refractivity contribution in [3.8, 4) is 0 Å². The van der Waals surface area contributed by atoms with Gasteiger partial charge in [-0.15, -0.1) is 5.10 Å². The van der Waals surface area contributed by atoms with Crippen LogP contribution in [0.2, 0.25) is 0 Å². The molecule has 0 unspecified atom stereocenters. The van der Waals surface area contributed by atoms with E-state index in [4.69, 9.17) is 0 Å². The minimum absolute atomic E-state index is 0.137. The highest BCUT2D eigenvalue weighted by Gasteiger charge is 2.06. The first-order valence-corrected chi connectivity index (χ1v) is 6.51. The second-order valence-corrected chi connectivity index (χ2v) is 4.45. The first-order valence-electron chi connectivity index (χ1n) is 6.51. The number of fused-ring (bicyclic) bond motifs is 1. The van der Waals surface area contributed by atoms with Crippen molar-refractivity contribution in [1.82, 2.24) is 19.2 Å². The van der Waals surface area contributed by atoms with Gasteiger partial charge in [-0.1, -0.05) is 6.07 Å². The molecule has 6 nitrogen and oxygen atoms in total. The van der Waals surface area contributed by atoms with Gasteiger partial charge in [-0.05, 0) is 36.8 Å². The second kappa shape index (κ2) is 5.16. The number of nitrogens with zero attached hydrogens (tertiary/aromatic N) is 4. The number of nitrogens with one attached hydrogen (secondary N) is 1. The summed E-state index contributed by atoms with van der Waals surface area (Å²) in [4.78, 5) is 16.4. The standard InChI is InChI=1S/C14H15N5O/c1-2-15-12-9-11(6-7-16-12)10-19-14(20)18-8-4-3-5-13(18)17-19/h3-9H,2,10H2,1H3,(H,15,16). The Morgan fingerprint density at radius 2 is 2.20 bits per heavy atom. The molecule has 3 heterocycles. The van der Waals surface area contributed by atoms with Gasteiger partial charge in [0.1, 0.15) is 5.82 Å². The summed E-state index contributed by atoms with van der Waals surface area (Å²) < 4.78 is 2.99. The quantitative estimate of drug-likeness (QED) is 0.777. The van der Waals surface area contributed by atoms with E-state index >= 15 is 0 Å². The summed E-state index contributed by atoms with van der Waals surface area (Å²) >= 11 is 0. The summed E-state index contributed by atoms with van der Waals surface area (Å²) in [6.45, 7) is 3.26. The van der Waals surface area contributed by atoms with Gasteiger partial charge in [-0.2, -0.15) is 0 Å². The van der Waals surface area contributed by atoms with Crippen molar-refractivity contribution in [2.24, 2.45) is 0 Å². The third-order valence-electron chi connectivity index (χ3n) is 3.00. The van der Waals surface area contributed by atoms with Crippen LogP contribution in [-0.4, -0.2) is 25.7 Å². The van der Waals surface area contributed by atoms with Gasteiger partial charge in [0.2, 0.25) is 0 Å². The molecule has 20 heavy (non-hydrogen) atoms. The molecular weight excluding hydrogens is 254 g/mol. The predicted octanol–water partition coefficient (Wildman–Crippen LogP) is 1.37. The van der Waals surface area contributed by atoms with E-state index < -0.39 is 0 Å². The van der Waals surface area contributed by atoms with Gasteiger partial charge in [-0.25, -0.2) is 14.5 Å². The van der Waals surface area contributed by atoms with Gasteiger partial charge < -0.3 is 5.32 Å². The van der Waals surface area contributed by atoms with Crippen molar-refractivity contribution in [2.45, 2.75) is 13.5 Å². The van der Waals surface area contributed by atoms with Crippen LogP contribution in [0.5, 0.6) is 0 Å². The highest BCUT2D eigenvalue weighted by molar-refractivity contribution is 5.38. The number of anilines is 1. The van der Waals surface area contributed by atoms with Crippen molar-refractivity contribution in [3.63, 3.8) is 0 Å². The van der Waals surface area contributed by atoms with Crippen molar-refractivity contribution in [1.29, 1.82) is 0 Å². The Kier molecular flexibility index (Phi) is 3.20. The second-order valence-electron chi connectivity index (χ2n) is 4.45. The van der Waals surface area contributed by atoms with Crippen LogP contribution < -0.4 is 11.0 Å². The Morgan fingerprint density at radius 1 is 1.30 bits per heavy atom. The SMILES string of the molecule is CCNc1cc(Cn2nc3ccccn3c2=O)ccn1. The molecule has 0 amide bonds. The highest BCUT2D eigenvalue weighted by atomic mass is 16.2. The van der Waals surface area contributed by atoms with Crippen LogP contribution in [0.15, 0.2) is 47.5 Å². The summed E-state index contributed by atoms with van der Waals surface area (Å²) in [6, 6.07) is 9.31. The predicted molar refractivity (Wildman–Crippen MR) is 77.0 cm³/mol. The average Bonchev–Trinajstić information content (AvgIpc) is 2.77. The normalized spacial score (nSPS) is 10.8. The first-order chi connectivity index (χ1) is 9.78. The number of rotatable bonds is 4. The number of aromatic nitrogens is 4. The van der Waals surface area contributed by atoms with E-state index in [-0.39, 0.29) is 5.69 Å². The lowest BCUT2D eigenvalue weighted by atomic mass is 10.2. The molecule has 0 aliphatic heterocycles. The van der Waals surface area contributed by atoms with Crippen molar-refractivity contribution < 1.29 is 0 Å². The number of hydrogen-bond donors (Lipinski definition) is 1. The molecule has 102 valence electrons. The summed E-state index contributed by atoms with van der Waals surface area (Å²) in [5, 5.41) is 7.46. The van der Waals surface area contributed by atoms with Crippen molar-refractivity contribution in [3.05, 3.63) is 58.8 Å². The molecule has 0 bridgehead atoms. The van der Waals surface area contributed by atoms with Crippen molar-refractivity contribution >= 4 is 11.5 Å². The van der Waals surface area contributed by atoms with Crippen LogP contribution in [0, 0.1) is 0 Å². The van der Waals surface area contributed by atoms with E-state index in [1.165, 1.54) is 9.08 Å². The fraction of sp³-hybridized carbons (Fsp3) is 0.214. The Hall–Kier alpha value is -2.63. The fourth-order valence-electron chi connectivity index (χ4n) is 2.09. The molecule has 3 aromatic rings. The average molecular weight is 269 g/mol. The highest BCUT2D eigenvalue weighted by Crippen LogP contribution is 2.07. The first kappa shape index (κ1) is 12.4. The minimum atomic E-state index is -0.137. The van der Waals surface area contributed by atoms with Gasteiger partial charge in [-0.3, -0.25) is 4.40 Å². The zero-order valence-corrected chi connectivity index (χ0v) is 11.2. The molecule has 6 heteroatoms. The van der Waals surface area contributed by atoms with Gasteiger partial charge in [0.25, 0.3) is 0 Å². The topological polar surface area (TPSA) is 64.2 Å². The van der Waals surface area contributed by atoms with Crippen LogP contribution in [0.3, 0.4) is 0 Å². The van der Waals surface area contributed by atoms with Crippen LogP contribution >= 0.6 is 0 Å². The zero-order valence-electron chi connectivity index (χ0n) is 11.2. The van der Waals surface area contributed by atoms with Gasteiger partial charge in [0.05, 0.1) is 6.54 Å². The van der Waals surface area contributed by atoms with Crippen LogP contribution in [0.1, 0.15) is 12.5 Å². The molecule has 0 radical (unpaired) electrons. The Bertz CT molecular complexity index is 789. The lowest BCUT2D eigenvalue weighted by Gasteiger charge is -2.04. The van der Waals surface area contributed by atoms with Gasteiger partial charge in [0.15, 0.2) is 5.65 Å². The lowest BCUT2D eigenvalue weighted by molar-refractivity contribution is 0.658. The maximum absolute atomic E-state index is 12.2. The van der Waals surface area contributed by atoms with E-state index in [9.17, 15) is 4.79 Å². The molecule has 0 atom stereocenters. The molecule has 0 spiro atoms. The van der Waals surface area contributed by atoms with E-state index in [0.29, 0.717) is 12.2 Å². The molecule has 0 aliphatic rings. The Morgan fingerprint density at radius 3 is 3.00 bits per heavy atom. The van der Waals surface area contributed by atoms with Crippen molar-refractivity contribution in [2.75, 3.05) is 11.9 Å². The fourth-order valence-corrected chi connectivity index (χ4v) is 2.09. The van der Waals surface area contributed by atoms with E-state index in [1.807, 2.05) is 37.3 Å². The molecule has 3 aromatic heterocycles. The zero-order chi connectivity index (χ0) is 13.9. The molecular formula is C14H15N5O. The van der Waals surface area contributed by atoms with E-state index in [1.54, 1.807) is 12.4 Å². The summed E-state index contributed by atoms with van der Waals surface area (Å²) in [5.41, 5.74) is 1.50. The molecule has 0 saturated heterocycles. The largest absolute Gasteiger partial charge is 0.370 e. The van der Waals surface area contributed by atoms with Crippen LogP contribution in [0.25, 0.3) is 5.65 Å². The maximum Gasteiger partial charge on any atom is 0.350 e. The van der Waals surface area contributed by atoms with E-state index in [0.717, 1.165) is 17.9 Å². The monoisotopic (exact) mass is 269 g/mol. The molecule has 1 N–H and O–H groups in total. The maximum atomic E-state index is 12.2. The van der Waals surface area contributed by atoms with E-state index in [2.05, 4.69) is 15.4 Å². The Labute approximate surface area is 115 Å². The number of pyridine rings is 2. The Balaban J connectivity index is 1.95. The number of hydrogen-bond acceptors (Lipinski definition) is 4. The van der Waals surface area contributed by atoms with Gasteiger partial charge in [0, 0.05) is 18.9 Å². The molecule has 3 rings (SSSR count). The summed E-state index contributed by atoms with van der Waals surface area (Å²) in [5.74, 6) is 0.807. The molecule has 0 saturated carbocycles. The lowest BCUT2D eigenvalue weighted by Crippen LogP contribution is -2.21. The van der Waals surface area contributed by atoms with Crippen LogP contribution in [-0.2, 0) is 6.54 Å². The summed E-state index contributed by atoms with van der Waals surface area (Å²) in [6.07, 6.45) is 3.45. The third kappa shape index (κ3) is 2.27. The third-order valence-corrected chi connectivity index (χ3v) is 3.00. The molecule has 0 aromatic carbocycles. The smallest absolute Gasteiger partial charge is 0.350 e. The summed E-state index contributed by atoms with van der Waals surface area (Å²) in [7, 11) is 0. The molecule has 0 fully saturated rings. The van der Waals surface area contributed by atoms with Gasteiger partial charge >= 0.3 is 5.69 Å². The minimum Gasteiger partial charge on any atom is -0.370 e. The molecule has 0 aliphatic carbocycles. The van der Waals surface area contributed by atoms with Crippen LogP contribution in [0.4, 0.5) is 5.82 Å².